The number of hydrogen-bond donors (Lipinski definition) is 2. The number of fused-ring (bicyclic) bond motifs is 1. The highest BCUT2D eigenvalue weighted by atomic mass is 16.5. The minimum absolute atomic E-state index is 0.0127. The van der Waals surface area contributed by atoms with Crippen molar-refractivity contribution in [2.75, 3.05) is 18.0 Å². The standard InChI is InChI=1S/C15H22N2O3/c1-3-7-17-11-8-10(12(18)9-16)5-6-14(11)20-13(4-2)15(17)19/h5-6,8,12-13,18H,3-4,7,9,16H2,1-2H3. The molecule has 3 N–H and O–H groups in total. The molecule has 1 aromatic rings. The minimum Gasteiger partial charge on any atom is -0.478 e. The predicted molar refractivity (Wildman–Crippen MR) is 77.8 cm³/mol. The van der Waals surface area contributed by atoms with Gasteiger partial charge in [0.1, 0.15) is 5.75 Å². The molecule has 1 heterocycles. The number of hydrogen-bond acceptors (Lipinski definition) is 4. The van der Waals surface area contributed by atoms with Crippen molar-refractivity contribution < 1.29 is 14.6 Å². The zero-order chi connectivity index (χ0) is 14.7. The fourth-order valence-electron chi connectivity index (χ4n) is 2.40. The molecule has 1 aromatic carbocycles. The normalized spacial score (nSPS) is 19.5. The number of aliphatic hydroxyl groups is 1. The summed E-state index contributed by atoms with van der Waals surface area (Å²) >= 11 is 0. The Bertz CT molecular complexity index is 490. The van der Waals surface area contributed by atoms with Gasteiger partial charge < -0.3 is 20.5 Å². The van der Waals surface area contributed by atoms with Crippen molar-refractivity contribution in [1.82, 2.24) is 0 Å². The van der Waals surface area contributed by atoms with Gasteiger partial charge in [0.05, 0.1) is 11.8 Å². The zero-order valence-electron chi connectivity index (χ0n) is 12.0. The smallest absolute Gasteiger partial charge is 0.268 e. The van der Waals surface area contributed by atoms with E-state index in [0.717, 1.165) is 12.1 Å². The number of rotatable bonds is 5. The molecule has 20 heavy (non-hydrogen) atoms. The van der Waals surface area contributed by atoms with Gasteiger partial charge in [0.2, 0.25) is 0 Å². The largest absolute Gasteiger partial charge is 0.478 e. The Morgan fingerprint density at radius 2 is 2.20 bits per heavy atom. The van der Waals surface area contributed by atoms with Crippen LogP contribution in [-0.4, -0.2) is 30.2 Å². The van der Waals surface area contributed by atoms with E-state index in [-0.39, 0.29) is 12.5 Å². The van der Waals surface area contributed by atoms with Crippen LogP contribution in [0.25, 0.3) is 0 Å². The topological polar surface area (TPSA) is 75.8 Å². The summed E-state index contributed by atoms with van der Waals surface area (Å²) in [5.74, 6) is 0.680. The predicted octanol–water partition coefficient (Wildman–Crippen LogP) is 1.59. The van der Waals surface area contributed by atoms with Crippen molar-refractivity contribution in [3.8, 4) is 5.75 Å². The Hall–Kier alpha value is -1.59. The molecular formula is C15H22N2O3. The van der Waals surface area contributed by atoms with Crippen molar-refractivity contribution in [1.29, 1.82) is 0 Å². The van der Waals surface area contributed by atoms with Crippen LogP contribution in [0.3, 0.4) is 0 Å². The Morgan fingerprint density at radius 1 is 1.45 bits per heavy atom. The summed E-state index contributed by atoms with van der Waals surface area (Å²) in [6, 6.07) is 5.40. The monoisotopic (exact) mass is 278 g/mol. The summed E-state index contributed by atoms with van der Waals surface area (Å²) < 4.78 is 5.73. The van der Waals surface area contributed by atoms with E-state index in [1.807, 2.05) is 13.8 Å². The molecule has 2 rings (SSSR count). The first-order valence-corrected chi connectivity index (χ1v) is 7.12. The van der Waals surface area contributed by atoms with E-state index in [1.165, 1.54) is 0 Å². The van der Waals surface area contributed by atoms with Crippen LogP contribution in [-0.2, 0) is 4.79 Å². The van der Waals surface area contributed by atoms with Crippen LogP contribution in [0, 0.1) is 0 Å². The molecule has 1 amide bonds. The van der Waals surface area contributed by atoms with E-state index in [2.05, 4.69) is 0 Å². The molecule has 0 bridgehead atoms. The molecule has 0 radical (unpaired) electrons. The van der Waals surface area contributed by atoms with Gasteiger partial charge in [-0.25, -0.2) is 0 Å². The van der Waals surface area contributed by atoms with Gasteiger partial charge in [-0.2, -0.15) is 0 Å². The number of amides is 1. The number of nitrogens with two attached hydrogens (primary N) is 1. The summed E-state index contributed by atoms with van der Waals surface area (Å²) in [5.41, 5.74) is 6.92. The maximum absolute atomic E-state index is 12.4. The number of benzene rings is 1. The number of aliphatic hydroxyl groups excluding tert-OH is 1. The van der Waals surface area contributed by atoms with Crippen molar-refractivity contribution in [3.63, 3.8) is 0 Å². The van der Waals surface area contributed by atoms with Crippen molar-refractivity contribution in [2.45, 2.75) is 38.9 Å². The van der Waals surface area contributed by atoms with E-state index < -0.39 is 12.2 Å². The van der Waals surface area contributed by atoms with Crippen LogP contribution < -0.4 is 15.4 Å². The third-order valence-corrected chi connectivity index (χ3v) is 3.51. The lowest BCUT2D eigenvalue weighted by Crippen LogP contribution is -2.46. The molecule has 2 atom stereocenters. The van der Waals surface area contributed by atoms with Crippen molar-refractivity contribution >= 4 is 11.6 Å². The summed E-state index contributed by atoms with van der Waals surface area (Å²) in [6.07, 6.45) is 0.374. The van der Waals surface area contributed by atoms with Gasteiger partial charge >= 0.3 is 0 Å². The fourth-order valence-corrected chi connectivity index (χ4v) is 2.40. The molecule has 2 unspecified atom stereocenters. The van der Waals surface area contributed by atoms with E-state index >= 15 is 0 Å². The summed E-state index contributed by atoms with van der Waals surface area (Å²) in [6.45, 7) is 4.76. The number of nitrogens with zero attached hydrogens (tertiary/aromatic N) is 1. The second-order valence-corrected chi connectivity index (χ2v) is 4.98. The number of anilines is 1. The first kappa shape index (κ1) is 14.8. The highest BCUT2D eigenvalue weighted by Gasteiger charge is 2.33. The van der Waals surface area contributed by atoms with E-state index in [1.54, 1.807) is 23.1 Å². The lowest BCUT2D eigenvalue weighted by Gasteiger charge is -2.34. The van der Waals surface area contributed by atoms with Crippen LogP contribution in [0.4, 0.5) is 5.69 Å². The third kappa shape index (κ3) is 2.64. The molecule has 0 saturated heterocycles. The van der Waals surface area contributed by atoms with E-state index in [4.69, 9.17) is 10.5 Å². The molecule has 5 heteroatoms. The molecular weight excluding hydrogens is 256 g/mol. The molecule has 0 saturated carbocycles. The fraction of sp³-hybridized carbons (Fsp3) is 0.533. The molecule has 0 fully saturated rings. The second kappa shape index (κ2) is 6.24. The molecule has 0 aliphatic carbocycles. The van der Waals surface area contributed by atoms with Crippen LogP contribution in [0.1, 0.15) is 38.4 Å². The SMILES string of the molecule is CCCN1C(=O)C(CC)Oc2ccc(C(O)CN)cc21. The Balaban J connectivity index is 2.42. The lowest BCUT2D eigenvalue weighted by molar-refractivity contribution is -0.126. The van der Waals surface area contributed by atoms with Gasteiger partial charge in [-0.3, -0.25) is 4.79 Å². The van der Waals surface area contributed by atoms with Crippen LogP contribution in [0.5, 0.6) is 5.75 Å². The Kier molecular flexibility index (Phi) is 4.62. The molecule has 1 aliphatic rings. The Labute approximate surface area is 119 Å². The van der Waals surface area contributed by atoms with Crippen LogP contribution in [0.2, 0.25) is 0 Å². The quantitative estimate of drug-likeness (QED) is 0.857. The summed E-state index contributed by atoms with van der Waals surface area (Å²) in [5, 5.41) is 9.84. The van der Waals surface area contributed by atoms with Gasteiger partial charge in [0.25, 0.3) is 5.91 Å². The molecule has 5 nitrogen and oxygen atoms in total. The first-order valence-electron chi connectivity index (χ1n) is 7.12. The zero-order valence-corrected chi connectivity index (χ0v) is 12.0. The second-order valence-electron chi connectivity index (χ2n) is 4.98. The average molecular weight is 278 g/mol. The molecule has 1 aliphatic heterocycles. The molecule has 0 aromatic heterocycles. The number of ether oxygens (including phenoxy) is 1. The van der Waals surface area contributed by atoms with Gasteiger partial charge in [0, 0.05) is 13.1 Å². The third-order valence-electron chi connectivity index (χ3n) is 3.51. The van der Waals surface area contributed by atoms with Gasteiger partial charge in [0.15, 0.2) is 6.10 Å². The van der Waals surface area contributed by atoms with E-state index in [9.17, 15) is 9.90 Å². The highest BCUT2D eigenvalue weighted by molar-refractivity contribution is 6.00. The maximum Gasteiger partial charge on any atom is 0.268 e. The van der Waals surface area contributed by atoms with Crippen LogP contribution in [0.15, 0.2) is 18.2 Å². The molecule has 0 spiro atoms. The van der Waals surface area contributed by atoms with Gasteiger partial charge in [-0.15, -0.1) is 0 Å². The summed E-state index contributed by atoms with van der Waals surface area (Å²) in [4.78, 5) is 14.1. The number of carbonyl (C=O) groups excluding carboxylic acids is 1. The molecule has 110 valence electrons. The first-order chi connectivity index (χ1) is 9.62. The average Bonchev–Trinajstić information content (AvgIpc) is 2.48. The minimum atomic E-state index is -0.720. The highest BCUT2D eigenvalue weighted by Crippen LogP contribution is 2.36. The summed E-state index contributed by atoms with van der Waals surface area (Å²) in [7, 11) is 0. The van der Waals surface area contributed by atoms with Gasteiger partial charge in [-0.05, 0) is 30.5 Å². The van der Waals surface area contributed by atoms with Crippen molar-refractivity contribution in [3.05, 3.63) is 23.8 Å². The maximum atomic E-state index is 12.4. The van der Waals surface area contributed by atoms with Crippen LogP contribution >= 0.6 is 0 Å². The van der Waals surface area contributed by atoms with E-state index in [0.29, 0.717) is 24.3 Å². The Morgan fingerprint density at radius 3 is 2.80 bits per heavy atom. The van der Waals surface area contributed by atoms with Crippen molar-refractivity contribution in [2.24, 2.45) is 5.73 Å². The lowest BCUT2D eigenvalue weighted by atomic mass is 10.0. The number of carbonyl (C=O) groups is 1. The van der Waals surface area contributed by atoms with Gasteiger partial charge in [-0.1, -0.05) is 19.9 Å².